The molecule has 18 heavy (non-hydrogen) atoms. The van der Waals surface area contributed by atoms with Crippen LogP contribution in [0, 0.1) is 0 Å². The maximum absolute atomic E-state index is 6.19. The van der Waals surface area contributed by atoms with Gasteiger partial charge in [0.25, 0.3) is 0 Å². The molecule has 1 aromatic rings. The summed E-state index contributed by atoms with van der Waals surface area (Å²) in [6.07, 6.45) is 1.88. The van der Waals surface area contributed by atoms with Gasteiger partial charge in [-0.25, -0.2) is 0 Å². The van der Waals surface area contributed by atoms with E-state index >= 15 is 0 Å². The van der Waals surface area contributed by atoms with E-state index in [1.54, 1.807) is 24.3 Å². The first-order chi connectivity index (χ1) is 8.29. The summed E-state index contributed by atoms with van der Waals surface area (Å²) in [6, 6.07) is 5.14. The summed E-state index contributed by atoms with van der Waals surface area (Å²) in [4.78, 5) is 0. The van der Waals surface area contributed by atoms with Crippen molar-refractivity contribution in [1.29, 1.82) is 0 Å². The first kappa shape index (κ1) is 14.8. The minimum absolute atomic E-state index is 0.243. The zero-order chi connectivity index (χ0) is 13.5. The lowest BCUT2D eigenvalue weighted by molar-refractivity contribution is 0.932. The quantitative estimate of drug-likeness (QED) is 0.491. The second-order valence-corrected chi connectivity index (χ2v) is 7.07. The highest BCUT2D eigenvalue weighted by Crippen LogP contribution is 2.47. The fraction of sp³-hybridized carbons (Fsp3) is 0.167. The number of alkyl halides is 2. The summed E-state index contributed by atoms with van der Waals surface area (Å²) >= 11 is 36.2. The molecule has 6 heteroatoms. The van der Waals surface area contributed by atoms with Crippen LogP contribution in [-0.4, -0.2) is 4.33 Å². The van der Waals surface area contributed by atoms with Crippen LogP contribution in [0.25, 0.3) is 5.57 Å². The molecule has 0 aromatic heterocycles. The highest BCUT2D eigenvalue weighted by Gasteiger charge is 2.34. The molecule has 1 aliphatic rings. The van der Waals surface area contributed by atoms with Crippen molar-refractivity contribution in [1.82, 2.24) is 0 Å². The lowest BCUT2D eigenvalue weighted by Crippen LogP contribution is -2.17. The van der Waals surface area contributed by atoms with E-state index in [0.29, 0.717) is 20.1 Å². The number of allylic oxidation sites excluding steroid dienone is 4. The summed E-state index contributed by atoms with van der Waals surface area (Å²) in [7, 11) is 0. The lowest BCUT2D eigenvalue weighted by Gasteiger charge is -2.24. The van der Waals surface area contributed by atoms with Gasteiger partial charge in [-0.1, -0.05) is 69.6 Å². The van der Waals surface area contributed by atoms with Gasteiger partial charge in [0, 0.05) is 21.5 Å². The normalized spacial score (nSPS) is 18.9. The van der Waals surface area contributed by atoms with Gasteiger partial charge < -0.3 is 0 Å². The number of benzene rings is 1. The molecule has 0 heterocycles. The molecule has 2 rings (SSSR count). The van der Waals surface area contributed by atoms with Gasteiger partial charge in [-0.15, -0.1) is 0 Å². The van der Waals surface area contributed by atoms with E-state index in [2.05, 4.69) is 0 Å². The van der Waals surface area contributed by atoms with Crippen LogP contribution in [0.2, 0.25) is 10.0 Å². The smallest absolute Gasteiger partial charge is 0.0949 e. The van der Waals surface area contributed by atoms with Gasteiger partial charge in [0.05, 0.1) is 5.03 Å². The summed E-state index contributed by atoms with van der Waals surface area (Å²) in [6.45, 7) is 0. The maximum atomic E-state index is 6.19. The highest BCUT2D eigenvalue weighted by atomic mass is 35.5. The van der Waals surface area contributed by atoms with Crippen molar-refractivity contribution in [3.8, 4) is 0 Å². The Morgan fingerprint density at radius 2 is 1.44 bits per heavy atom. The predicted molar refractivity (Wildman–Crippen MR) is 82.2 cm³/mol. The highest BCUT2D eigenvalue weighted by molar-refractivity contribution is 6.57. The van der Waals surface area contributed by atoms with Crippen LogP contribution in [-0.2, 0) is 0 Å². The molecule has 96 valence electrons. The van der Waals surface area contributed by atoms with E-state index in [9.17, 15) is 0 Å². The Morgan fingerprint density at radius 3 is 2.00 bits per heavy atom. The van der Waals surface area contributed by atoms with Crippen LogP contribution in [0.1, 0.15) is 12.0 Å². The SMILES string of the molecule is ClC1=CC(c2cc(Cl)cc(Cl)c2)=C(Cl)CC1(Cl)Cl. The average Bonchev–Trinajstić information content (AvgIpc) is 2.21. The Morgan fingerprint density at radius 1 is 0.889 bits per heavy atom. The van der Waals surface area contributed by atoms with Gasteiger partial charge >= 0.3 is 0 Å². The maximum Gasteiger partial charge on any atom is 0.158 e. The van der Waals surface area contributed by atoms with Crippen molar-refractivity contribution in [2.75, 3.05) is 0 Å². The first-order valence-electron chi connectivity index (χ1n) is 4.90. The van der Waals surface area contributed by atoms with Crippen molar-refractivity contribution in [3.63, 3.8) is 0 Å². The Bertz CT molecular complexity index is 535. The fourth-order valence-electron chi connectivity index (χ4n) is 1.63. The Hall–Kier alpha value is 0.440. The Kier molecular flexibility index (Phi) is 4.48. The third kappa shape index (κ3) is 3.12. The standard InChI is InChI=1S/C12H6Cl6/c13-7-1-6(2-8(14)3-7)9-4-11(16)12(17,18)5-10(9)15/h1-4H,5H2. The average molecular weight is 363 g/mol. The lowest BCUT2D eigenvalue weighted by atomic mass is 9.99. The van der Waals surface area contributed by atoms with Gasteiger partial charge in [0.1, 0.15) is 0 Å². The van der Waals surface area contributed by atoms with E-state index in [-0.39, 0.29) is 6.42 Å². The fourth-order valence-corrected chi connectivity index (χ4v) is 3.21. The van der Waals surface area contributed by atoms with E-state index in [4.69, 9.17) is 69.6 Å². The minimum Gasteiger partial charge on any atom is -0.0949 e. The zero-order valence-corrected chi connectivity index (χ0v) is 13.3. The van der Waals surface area contributed by atoms with Crippen LogP contribution < -0.4 is 0 Å². The molecule has 0 nitrogen and oxygen atoms in total. The van der Waals surface area contributed by atoms with Gasteiger partial charge in [-0.2, -0.15) is 0 Å². The van der Waals surface area contributed by atoms with Crippen molar-refractivity contribution in [2.45, 2.75) is 10.8 Å². The molecule has 0 radical (unpaired) electrons. The molecule has 0 saturated carbocycles. The van der Waals surface area contributed by atoms with E-state index in [1.165, 1.54) is 0 Å². The predicted octanol–water partition coefficient (Wildman–Crippen LogP) is 6.64. The molecule has 0 spiro atoms. The number of rotatable bonds is 1. The molecule has 0 N–H and O–H groups in total. The van der Waals surface area contributed by atoms with Crippen LogP contribution in [0.4, 0.5) is 0 Å². The van der Waals surface area contributed by atoms with Gasteiger partial charge in [0.2, 0.25) is 0 Å². The summed E-state index contributed by atoms with van der Waals surface area (Å²) in [5, 5.41) is 1.88. The van der Waals surface area contributed by atoms with Crippen LogP contribution >= 0.6 is 69.6 Å². The Labute approximate surface area is 135 Å². The molecule has 0 saturated heterocycles. The first-order valence-corrected chi connectivity index (χ1v) is 7.17. The van der Waals surface area contributed by atoms with Gasteiger partial charge in [0.15, 0.2) is 4.33 Å². The van der Waals surface area contributed by atoms with Gasteiger partial charge in [-0.3, -0.25) is 0 Å². The molecular formula is C12H6Cl6. The van der Waals surface area contributed by atoms with Crippen molar-refractivity contribution in [2.24, 2.45) is 0 Å². The largest absolute Gasteiger partial charge is 0.158 e. The monoisotopic (exact) mass is 360 g/mol. The topological polar surface area (TPSA) is 0 Å². The van der Waals surface area contributed by atoms with Crippen molar-refractivity contribution >= 4 is 75.2 Å². The Balaban J connectivity index is 2.52. The van der Waals surface area contributed by atoms with Crippen molar-refractivity contribution in [3.05, 3.63) is 49.9 Å². The summed E-state index contributed by atoms with van der Waals surface area (Å²) in [5.74, 6) is 0. The molecule has 0 bridgehead atoms. The summed E-state index contributed by atoms with van der Waals surface area (Å²) in [5.41, 5.74) is 1.50. The molecule has 0 amide bonds. The second-order valence-electron chi connectivity index (χ2n) is 3.85. The number of hydrogen-bond donors (Lipinski definition) is 0. The van der Waals surface area contributed by atoms with Crippen LogP contribution in [0.3, 0.4) is 0 Å². The van der Waals surface area contributed by atoms with Crippen LogP contribution in [0.5, 0.6) is 0 Å². The minimum atomic E-state index is -1.18. The van der Waals surface area contributed by atoms with Crippen LogP contribution in [0.15, 0.2) is 34.3 Å². The molecule has 0 atom stereocenters. The van der Waals surface area contributed by atoms with E-state index < -0.39 is 4.33 Å². The summed E-state index contributed by atoms with van der Waals surface area (Å²) < 4.78 is -1.18. The van der Waals surface area contributed by atoms with E-state index in [0.717, 1.165) is 11.1 Å². The molecule has 1 aliphatic carbocycles. The molecule has 0 fully saturated rings. The van der Waals surface area contributed by atoms with E-state index in [1.807, 2.05) is 0 Å². The molecule has 1 aromatic carbocycles. The third-order valence-electron chi connectivity index (χ3n) is 2.46. The second kappa shape index (κ2) is 5.44. The zero-order valence-electron chi connectivity index (χ0n) is 8.78. The third-order valence-corrected chi connectivity index (χ3v) is 4.54. The molecule has 0 aliphatic heterocycles. The molecular weight excluding hydrogens is 357 g/mol. The van der Waals surface area contributed by atoms with Crippen molar-refractivity contribution < 1.29 is 0 Å². The van der Waals surface area contributed by atoms with Gasteiger partial charge in [-0.05, 0) is 35.4 Å². The number of halogens is 6. The molecule has 0 unspecified atom stereocenters. The number of hydrogen-bond acceptors (Lipinski definition) is 0.